The molecule has 0 radical (unpaired) electrons. The number of amides is 1. The lowest BCUT2D eigenvalue weighted by molar-refractivity contribution is -0.888. The minimum atomic E-state index is -0.00186. The van der Waals surface area contributed by atoms with Crippen molar-refractivity contribution in [3.05, 3.63) is 17.7 Å². The minimum Gasteiger partial charge on any atom is -0.495 e. The van der Waals surface area contributed by atoms with Gasteiger partial charge in [0.1, 0.15) is 17.6 Å². The van der Waals surface area contributed by atoms with Crippen molar-refractivity contribution in [2.24, 2.45) is 0 Å². The fourth-order valence-electron chi connectivity index (χ4n) is 2.63. The Morgan fingerprint density at radius 1 is 1.43 bits per heavy atom. The highest BCUT2D eigenvalue weighted by Gasteiger charge is 2.22. The number of methoxy groups -OCH3 is 1. The average molecular weight is 293 g/mol. The van der Waals surface area contributed by atoms with Gasteiger partial charge in [-0.15, -0.1) is 0 Å². The van der Waals surface area contributed by atoms with Crippen molar-refractivity contribution in [1.82, 2.24) is 0 Å². The van der Waals surface area contributed by atoms with Gasteiger partial charge < -0.3 is 19.7 Å². The zero-order chi connectivity index (χ0) is 15.4. The molecule has 0 saturated heterocycles. The first-order valence-corrected chi connectivity index (χ1v) is 7.58. The summed E-state index contributed by atoms with van der Waals surface area (Å²) in [6.45, 7) is 8.53. The predicted octanol–water partition coefficient (Wildman–Crippen LogP) is 0.882. The maximum atomic E-state index is 12.1. The van der Waals surface area contributed by atoms with Gasteiger partial charge in [-0.2, -0.15) is 0 Å². The summed E-state index contributed by atoms with van der Waals surface area (Å²) < 4.78 is 11.1. The summed E-state index contributed by atoms with van der Waals surface area (Å²) in [5, 5.41) is 2.94. The first kappa shape index (κ1) is 15.6. The lowest BCUT2D eigenvalue weighted by atomic mass is 10.1. The van der Waals surface area contributed by atoms with Crippen LogP contribution in [0.15, 0.2) is 12.1 Å². The van der Waals surface area contributed by atoms with E-state index in [0.29, 0.717) is 18.0 Å². The third kappa shape index (κ3) is 3.67. The van der Waals surface area contributed by atoms with E-state index in [4.69, 9.17) is 9.47 Å². The van der Waals surface area contributed by atoms with Gasteiger partial charge in [0, 0.05) is 18.1 Å². The van der Waals surface area contributed by atoms with Crippen molar-refractivity contribution in [1.29, 1.82) is 0 Å². The lowest BCUT2D eigenvalue weighted by Crippen LogP contribution is -3.12. The van der Waals surface area contributed by atoms with Gasteiger partial charge in [0.25, 0.3) is 5.91 Å². The molecule has 1 aliphatic heterocycles. The molecule has 0 bridgehead atoms. The van der Waals surface area contributed by atoms with Gasteiger partial charge in [-0.1, -0.05) is 0 Å². The number of likely N-dealkylation sites (N-methyl/N-ethyl adjacent to an activating group) is 1. The van der Waals surface area contributed by atoms with Crippen molar-refractivity contribution >= 4 is 11.6 Å². The number of hydrogen-bond donors (Lipinski definition) is 2. The third-order valence-corrected chi connectivity index (χ3v) is 3.90. The summed E-state index contributed by atoms with van der Waals surface area (Å²) in [6, 6.07) is 3.83. The highest BCUT2D eigenvalue weighted by Crippen LogP contribution is 2.37. The topological polar surface area (TPSA) is 52.0 Å². The Kier molecular flexibility index (Phi) is 5.07. The zero-order valence-corrected chi connectivity index (χ0v) is 13.3. The molecule has 0 aromatic heterocycles. The maximum Gasteiger partial charge on any atom is 0.279 e. The van der Waals surface area contributed by atoms with Crippen LogP contribution < -0.4 is 19.7 Å². The van der Waals surface area contributed by atoms with Crippen LogP contribution >= 0.6 is 0 Å². The van der Waals surface area contributed by atoms with E-state index in [1.54, 1.807) is 7.11 Å². The SMILES string of the molecule is CC[NH+](CC)CC(=O)Nc1cc2c(cc1OC)C[C@H](C)O2. The Bertz CT molecular complexity index is 512. The largest absolute Gasteiger partial charge is 0.495 e. The summed E-state index contributed by atoms with van der Waals surface area (Å²) >= 11 is 0. The normalized spacial score (nSPS) is 16.5. The molecular formula is C16H25N2O3+. The zero-order valence-electron chi connectivity index (χ0n) is 13.3. The molecule has 21 heavy (non-hydrogen) atoms. The summed E-state index contributed by atoms with van der Waals surface area (Å²) in [5.41, 5.74) is 1.81. The smallest absolute Gasteiger partial charge is 0.279 e. The van der Waals surface area contributed by atoms with Gasteiger partial charge in [-0.05, 0) is 26.8 Å². The van der Waals surface area contributed by atoms with E-state index < -0.39 is 0 Å². The standard InChI is InChI=1S/C16H24N2O3/c1-5-18(6-2)10-16(19)17-13-9-14-12(7-11(3)21-14)8-15(13)20-4/h8-9,11H,5-7,10H2,1-4H3,(H,17,19)/p+1/t11-/m0/s1. The number of nitrogens with one attached hydrogen (secondary N) is 2. The molecule has 1 aromatic carbocycles. The molecular weight excluding hydrogens is 268 g/mol. The number of hydrogen-bond acceptors (Lipinski definition) is 3. The molecule has 1 amide bonds. The molecule has 0 saturated carbocycles. The molecule has 1 heterocycles. The second-order valence-electron chi connectivity index (χ2n) is 5.47. The molecule has 0 aliphatic carbocycles. The molecule has 2 rings (SSSR count). The minimum absolute atomic E-state index is 0.00186. The third-order valence-electron chi connectivity index (χ3n) is 3.90. The highest BCUT2D eigenvalue weighted by atomic mass is 16.5. The van der Waals surface area contributed by atoms with E-state index in [1.807, 2.05) is 19.1 Å². The molecule has 0 fully saturated rings. The van der Waals surface area contributed by atoms with Crippen LogP contribution in [0.4, 0.5) is 5.69 Å². The number of carbonyl (C=O) groups excluding carboxylic acids is 1. The summed E-state index contributed by atoms with van der Waals surface area (Å²) in [7, 11) is 1.62. The van der Waals surface area contributed by atoms with Crippen LogP contribution in [-0.4, -0.2) is 38.8 Å². The van der Waals surface area contributed by atoms with Crippen LogP contribution in [0.25, 0.3) is 0 Å². The summed E-state index contributed by atoms with van der Waals surface area (Å²) in [5.74, 6) is 1.53. The van der Waals surface area contributed by atoms with E-state index in [0.717, 1.165) is 30.8 Å². The Morgan fingerprint density at radius 2 is 2.14 bits per heavy atom. The van der Waals surface area contributed by atoms with Crippen LogP contribution in [0.2, 0.25) is 0 Å². The van der Waals surface area contributed by atoms with Crippen LogP contribution in [-0.2, 0) is 11.2 Å². The average Bonchev–Trinajstić information content (AvgIpc) is 2.82. The van der Waals surface area contributed by atoms with Crippen LogP contribution in [0.1, 0.15) is 26.3 Å². The first-order valence-electron chi connectivity index (χ1n) is 7.58. The van der Waals surface area contributed by atoms with Crippen molar-refractivity contribution in [3.8, 4) is 11.5 Å². The quantitative estimate of drug-likeness (QED) is 0.819. The van der Waals surface area contributed by atoms with Crippen molar-refractivity contribution in [2.45, 2.75) is 33.3 Å². The first-order chi connectivity index (χ1) is 10.1. The second kappa shape index (κ2) is 6.80. The Hall–Kier alpha value is -1.75. The monoisotopic (exact) mass is 293 g/mol. The Morgan fingerprint density at radius 3 is 2.76 bits per heavy atom. The second-order valence-corrected chi connectivity index (χ2v) is 5.47. The number of ether oxygens (including phenoxy) is 2. The molecule has 1 aromatic rings. The molecule has 1 atom stereocenters. The van der Waals surface area contributed by atoms with E-state index in [9.17, 15) is 4.79 Å². The van der Waals surface area contributed by atoms with E-state index >= 15 is 0 Å². The van der Waals surface area contributed by atoms with Gasteiger partial charge in [0.2, 0.25) is 0 Å². The van der Waals surface area contributed by atoms with E-state index in [-0.39, 0.29) is 12.0 Å². The Balaban J connectivity index is 2.13. The maximum absolute atomic E-state index is 12.1. The highest BCUT2D eigenvalue weighted by molar-refractivity contribution is 5.93. The summed E-state index contributed by atoms with van der Waals surface area (Å²) in [4.78, 5) is 13.4. The van der Waals surface area contributed by atoms with Gasteiger partial charge in [-0.3, -0.25) is 4.79 Å². The van der Waals surface area contributed by atoms with E-state index in [2.05, 4.69) is 19.2 Å². The van der Waals surface area contributed by atoms with Gasteiger partial charge in [0.05, 0.1) is 25.9 Å². The van der Waals surface area contributed by atoms with Crippen LogP contribution in [0.5, 0.6) is 11.5 Å². The van der Waals surface area contributed by atoms with Crippen LogP contribution in [0.3, 0.4) is 0 Å². The van der Waals surface area contributed by atoms with Crippen molar-refractivity contribution in [3.63, 3.8) is 0 Å². The molecule has 1 aliphatic rings. The van der Waals surface area contributed by atoms with Crippen molar-refractivity contribution in [2.75, 3.05) is 32.1 Å². The van der Waals surface area contributed by atoms with Gasteiger partial charge >= 0.3 is 0 Å². The molecule has 116 valence electrons. The molecule has 2 N–H and O–H groups in total. The fourth-order valence-corrected chi connectivity index (χ4v) is 2.63. The van der Waals surface area contributed by atoms with Crippen molar-refractivity contribution < 1.29 is 19.2 Å². The summed E-state index contributed by atoms with van der Waals surface area (Å²) in [6.07, 6.45) is 1.06. The number of anilines is 1. The lowest BCUT2D eigenvalue weighted by Gasteiger charge is -2.16. The number of fused-ring (bicyclic) bond motifs is 1. The van der Waals surface area contributed by atoms with E-state index in [1.165, 1.54) is 4.90 Å². The predicted molar refractivity (Wildman–Crippen MR) is 82.3 cm³/mol. The van der Waals surface area contributed by atoms with Crippen LogP contribution in [0, 0.1) is 0 Å². The molecule has 0 spiro atoms. The number of benzene rings is 1. The number of quaternary nitrogens is 1. The fraction of sp³-hybridized carbons (Fsp3) is 0.562. The van der Waals surface area contributed by atoms with Gasteiger partial charge in [-0.25, -0.2) is 0 Å². The molecule has 5 heteroatoms. The Labute approximate surface area is 126 Å². The molecule has 5 nitrogen and oxygen atoms in total. The molecule has 0 unspecified atom stereocenters. The van der Waals surface area contributed by atoms with Gasteiger partial charge in [0.15, 0.2) is 6.54 Å². The number of rotatable bonds is 6. The number of carbonyl (C=O) groups is 1.